The molecule has 0 fully saturated rings. The molecule has 0 saturated heterocycles. The Kier molecular flexibility index (Phi) is 2.95. The fourth-order valence-corrected chi connectivity index (χ4v) is 2.40. The molecule has 0 aliphatic heterocycles. The molecule has 1 N–H and O–H groups in total. The third-order valence-corrected chi connectivity index (χ3v) is 3.30. The summed E-state index contributed by atoms with van der Waals surface area (Å²) >= 11 is 3.12. The van der Waals surface area contributed by atoms with Gasteiger partial charge in [-0.1, -0.05) is 23.1 Å². The van der Waals surface area contributed by atoms with Crippen molar-refractivity contribution in [1.29, 1.82) is 0 Å². The van der Waals surface area contributed by atoms with Crippen molar-refractivity contribution in [2.24, 2.45) is 0 Å². The van der Waals surface area contributed by atoms with Gasteiger partial charge in [-0.05, 0) is 12.1 Å². The molecule has 0 aromatic carbocycles. The summed E-state index contributed by atoms with van der Waals surface area (Å²) in [6.45, 7) is 0. The van der Waals surface area contributed by atoms with E-state index in [0.29, 0.717) is 0 Å². The van der Waals surface area contributed by atoms with Crippen LogP contribution in [-0.4, -0.2) is 22.2 Å². The van der Waals surface area contributed by atoms with Gasteiger partial charge in [-0.2, -0.15) is 0 Å². The van der Waals surface area contributed by atoms with Crippen LogP contribution in [0, 0.1) is 0 Å². The standard InChI is InChI=1S/C8H8N4S2/c1-9-7-4-6(2-3-10-7)14-8-12-11-5-13-8/h2-5H,1H3,(H,9,10). The van der Waals surface area contributed by atoms with Crippen LogP contribution in [0.2, 0.25) is 0 Å². The zero-order chi connectivity index (χ0) is 9.80. The van der Waals surface area contributed by atoms with Gasteiger partial charge < -0.3 is 5.32 Å². The normalized spacial score (nSPS) is 10.1. The molecule has 6 heteroatoms. The second kappa shape index (κ2) is 4.39. The third-order valence-electron chi connectivity index (χ3n) is 1.53. The van der Waals surface area contributed by atoms with Crippen LogP contribution >= 0.6 is 23.1 Å². The average Bonchev–Trinajstić information content (AvgIpc) is 2.71. The van der Waals surface area contributed by atoms with Crippen LogP contribution in [-0.2, 0) is 0 Å². The molecule has 0 aliphatic carbocycles. The zero-order valence-corrected chi connectivity index (χ0v) is 9.10. The van der Waals surface area contributed by atoms with Crippen LogP contribution < -0.4 is 5.32 Å². The molecule has 0 unspecified atom stereocenters. The van der Waals surface area contributed by atoms with Gasteiger partial charge in [0, 0.05) is 18.1 Å². The molecule has 4 nitrogen and oxygen atoms in total. The predicted molar refractivity (Wildman–Crippen MR) is 57.8 cm³/mol. The van der Waals surface area contributed by atoms with Crippen LogP contribution in [0.25, 0.3) is 0 Å². The summed E-state index contributed by atoms with van der Waals surface area (Å²) in [5, 5.41) is 10.7. The van der Waals surface area contributed by atoms with E-state index in [2.05, 4.69) is 20.5 Å². The molecule has 0 radical (unpaired) electrons. The first-order chi connectivity index (χ1) is 6.88. The molecular formula is C8H8N4S2. The van der Waals surface area contributed by atoms with Crippen molar-refractivity contribution in [3.8, 4) is 0 Å². The van der Waals surface area contributed by atoms with Gasteiger partial charge in [0.05, 0.1) is 0 Å². The molecule has 2 aromatic heterocycles. The van der Waals surface area contributed by atoms with E-state index in [1.54, 1.807) is 23.5 Å². The summed E-state index contributed by atoms with van der Waals surface area (Å²) in [4.78, 5) is 5.24. The molecule has 2 rings (SSSR count). The number of aromatic nitrogens is 3. The van der Waals surface area contributed by atoms with Crippen molar-refractivity contribution in [3.05, 3.63) is 23.8 Å². The first kappa shape index (κ1) is 9.42. The Labute approximate surface area is 89.8 Å². The first-order valence-electron chi connectivity index (χ1n) is 3.96. The largest absolute Gasteiger partial charge is 0.373 e. The zero-order valence-electron chi connectivity index (χ0n) is 7.47. The highest BCUT2D eigenvalue weighted by Crippen LogP contribution is 2.28. The Morgan fingerprint density at radius 1 is 1.50 bits per heavy atom. The Morgan fingerprint density at radius 2 is 2.43 bits per heavy atom. The van der Waals surface area contributed by atoms with E-state index in [9.17, 15) is 0 Å². The fraction of sp³-hybridized carbons (Fsp3) is 0.125. The lowest BCUT2D eigenvalue weighted by molar-refractivity contribution is 1.01. The van der Waals surface area contributed by atoms with Gasteiger partial charge in [0.25, 0.3) is 0 Å². The van der Waals surface area contributed by atoms with Crippen LogP contribution in [0.15, 0.2) is 33.1 Å². The lowest BCUT2D eigenvalue weighted by Crippen LogP contribution is -1.90. The molecule has 0 amide bonds. The van der Waals surface area contributed by atoms with Crippen LogP contribution in [0.5, 0.6) is 0 Å². The highest BCUT2D eigenvalue weighted by atomic mass is 32.2. The minimum absolute atomic E-state index is 0.861. The number of nitrogens with one attached hydrogen (secondary N) is 1. The van der Waals surface area contributed by atoms with Gasteiger partial charge in [-0.15, -0.1) is 10.2 Å². The van der Waals surface area contributed by atoms with Gasteiger partial charge >= 0.3 is 0 Å². The highest BCUT2D eigenvalue weighted by molar-refractivity contribution is 8.01. The van der Waals surface area contributed by atoms with Crippen LogP contribution in [0.4, 0.5) is 5.82 Å². The van der Waals surface area contributed by atoms with Gasteiger partial charge in [0.2, 0.25) is 0 Å². The Hall–Kier alpha value is -1.14. The molecule has 2 aromatic rings. The quantitative estimate of drug-likeness (QED) is 0.865. The third kappa shape index (κ3) is 2.21. The number of rotatable bonds is 3. The Morgan fingerprint density at radius 3 is 3.14 bits per heavy atom. The van der Waals surface area contributed by atoms with Crippen molar-refractivity contribution in [2.45, 2.75) is 9.24 Å². The average molecular weight is 224 g/mol. The minimum atomic E-state index is 0.861. The minimum Gasteiger partial charge on any atom is -0.373 e. The summed E-state index contributed by atoms with van der Waals surface area (Å²) in [6, 6.07) is 3.93. The second-order valence-electron chi connectivity index (χ2n) is 2.43. The lowest BCUT2D eigenvalue weighted by atomic mass is 10.5. The topological polar surface area (TPSA) is 50.7 Å². The predicted octanol–water partition coefficient (Wildman–Crippen LogP) is 2.13. The van der Waals surface area contributed by atoms with Gasteiger partial charge in [0.1, 0.15) is 11.3 Å². The molecule has 0 atom stereocenters. The van der Waals surface area contributed by atoms with E-state index < -0.39 is 0 Å². The molecule has 0 bridgehead atoms. The van der Waals surface area contributed by atoms with Gasteiger partial charge in [0.15, 0.2) is 4.34 Å². The number of nitrogens with zero attached hydrogens (tertiary/aromatic N) is 3. The van der Waals surface area contributed by atoms with Crippen molar-refractivity contribution < 1.29 is 0 Å². The van der Waals surface area contributed by atoms with E-state index in [4.69, 9.17) is 0 Å². The molecule has 0 saturated carbocycles. The first-order valence-corrected chi connectivity index (χ1v) is 5.66. The molecule has 0 aliphatic rings. The molecule has 0 spiro atoms. The fourth-order valence-electron chi connectivity index (χ4n) is 0.920. The van der Waals surface area contributed by atoms with Gasteiger partial charge in [-0.3, -0.25) is 0 Å². The monoisotopic (exact) mass is 224 g/mol. The van der Waals surface area contributed by atoms with Crippen LogP contribution in [0.3, 0.4) is 0 Å². The molecule has 2 heterocycles. The van der Waals surface area contributed by atoms with Crippen LogP contribution in [0.1, 0.15) is 0 Å². The Bertz CT molecular complexity index is 401. The number of anilines is 1. The maximum Gasteiger partial charge on any atom is 0.178 e. The molecule has 14 heavy (non-hydrogen) atoms. The highest BCUT2D eigenvalue weighted by Gasteiger charge is 2.01. The lowest BCUT2D eigenvalue weighted by Gasteiger charge is -2.00. The molecule has 72 valence electrons. The summed E-state index contributed by atoms with van der Waals surface area (Å²) in [7, 11) is 1.85. The van der Waals surface area contributed by atoms with Crippen molar-refractivity contribution >= 4 is 28.9 Å². The second-order valence-corrected chi connectivity index (χ2v) is 4.59. The van der Waals surface area contributed by atoms with E-state index in [-0.39, 0.29) is 0 Å². The van der Waals surface area contributed by atoms with Crippen molar-refractivity contribution in [3.63, 3.8) is 0 Å². The van der Waals surface area contributed by atoms with Crippen molar-refractivity contribution in [2.75, 3.05) is 12.4 Å². The smallest absolute Gasteiger partial charge is 0.178 e. The van der Waals surface area contributed by atoms with E-state index in [1.165, 1.54) is 11.3 Å². The summed E-state index contributed by atoms with van der Waals surface area (Å²) in [5.74, 6) is 0.861. The van der Waals surface area contributed by atoms with Gasteiger partial charge in [-0.25, -0.2) is 4.98 Å². The Balaban J connectivity index is 2.17. The summed E-state index contributed by atoms with van der Waals surface area (Å²) < 4.78 is 0.943. The number of pyridine rings is 1. The number of hydrogen-bond acceptors (Lipinski definition) is 6. The summed E-state index contributed by atoms with van der Waals surface area (Å²) in [6.07, 6.45) is 1.77. The maximum absolute atomic E-state index is 4.13. The molecular weight excluding hydrogens is 216 g/mol. The van der Waals surface area contributed by atoms with E-state index in [1.807, 2.05) is 19.2 Å². The summed E-state index contributed by atoms with van der Waals surface area (Å²) in [5.41, 5.74) is 1.72. The van der Waals surface area contributed by atoms with E-state index >= 15 is 0 Å². The number of hydrogen-bond donors (Lipinski definition) is 1. The van der Waals surface area contributed by atoms with Crippen molar-refractivity contribution in [1.82, 2.24) is 15.2 Å². The maximum atomic E-state index is 4.13. The van der Waals surface area contributed by atoms with E-state index in [0.717, 1.165) is 15.1 Å². The SMILES string of the molecule is CNc1cc(Sc2nncs2)ccn1.